The average Bonchev–Trinajstić information content (AvgIpc) is 3.02. The molecule has 0 unspecified atom stereocenters. The Bertz CT molecular complexity index is 1120. The van der Waals surface area contributed by atoms with Crippen LogP contribution in [-0.2, 0) is 15.7 Å². The predicted molar refractivity (Wildman–Crippen MR) is 134 cm³/mol. The number of aryl methyl sites for hydroxylation is 1. The number of rotatable bonds is 4. The van der Waals surface area contributed by atoms with E-state index in [2.05, 4.69) is 118 Å². The van der Waals surface area contributed by atoms with Gasteiger partial charge in [-0.3, -0.25) is 0 Å². The van der Waals surface area contributed by atoms with E-state index in [0.717, 1.165) is 29.7 Å². The first-order chi connectivity index (χ1) is 15.4. The molecule has 0 aromatic heterocycles. The Balaban J connectivity index is 1.54. The Morgan fingerprint density at radius 2 is 1.41 bits per heavy atom. The molecule has 1 fully saturated rings. The Kier molecular flexibility index (Phi) is 5.23. The van der Waals surface area contributed by atoms with Crippen LogP contribution in [0.1, 0.15) is 45.2 Å². The molecule has 1 aliphatic heterocycles. The number of nitrogens with zero attached hydrogens (tertiary/aromatic N) is 1. The maximum absolute atomic E-state index is 6.25. The zero-order valence-electron chi connectivity index (χ0n) is 19.3. The largest absolute Gasteiger partial charge is 0.494 e. The first kappa shape index (κ1) is 21.1. The smallest absolute Gasteiger partial charge is 0.399 e. The number of para-hydroxylation sites is 1. The van der Waals surface area contributed by atoms with Gasteiger partial charge in [-0.1, -0.05) is 54.6 Å². The summed E-state index contributed by atoms with van der Waals surface area (Å²) in [4.78, 5) is 2.34. The van der Waals surface area contributed by atoms with E-state index in [1.165, 1.54) is 16.8 Å². The normalized spacial score (nSPS) is 18.4. The quantitative estimate of drug-likeness (QED) is 0.453. The second-order valence-electron chi connectivity index (χ2n) is 9.64. The number of allylic oxidation sites excluding steroid dienone is 1. The number of anilines is 3. The van der Waals surface area contributed by atoms with Crippen LogP contribution in [-0.4, -0.2) is 18.3 Å². The highest BCUT2D eigenvalue weighted by Gasteiger charge is 2.51. The lowest BCUT2D eigenvalue weighted by Gasteiger charge is -2.32. The minimum atomic E-state index is -0.355. The highest BCUT2D eigenvalue weighted by Crippen LogP contribution is 2.40. The summed E-state index contributed by atoms with van der Waals surface area (Å²) in [7, 11) is -0.355. The van der Waals surface area contributed by atoms with E-state index >= 15 is 0 Å². The molecule has 2 aliphatic rings. The molecule has 3 aromatic rings. The fourth-order valence-electron chi connectivity index (χ4n) is 4.41. The van der Waals surface area contributed by atoms with Crippen LogP contribution in [0.5, 0.6) is 0 Å². The Labute approximate surface area is 191 Å². The molecule has 0 amide bonds. The number of hydrogen-bond acceptors (Lipinski definition) is 3. The third-order valence-electron chi connectivity index (χ3n) is 6.97. The predicted octanol–water partition coefficient (Wildman–Crippen LogP) is 6.42. The maximum Gasteiger partial charge on any atom is 0.494 e. The van der Waals surface area contributed by atoms with Crippen molar-refractivity contribution in [1.29, 1.82) is 0 Å². The van der Waals surface area contributed by atoms with Crippen molar-refractivity contribution < 1.29 is 9.31 Å². The van der Waals surface area contributed by atoms with Gasteiger partial charge in [0.15, 0.2) is 0 Å². The van der Waals surface area contributed by atoms with Gasteiger partial charge in [0.2, 0.25) is 0 Å². The zero-order chi connectivity index (χ0) is 22.3. The van der Waals surface area contributed by atoms with Crippen molar-refractivity contribution in [3.8, 4) is 0 Å². The lowest BCUT2D eigenvalue weighted by Crippen LogP contribution is -2.41. The van der Waals surface area contributed by atoms with Crippen LogP contribution in [0.3, 0.4) is 0 Å². The van der Waals surface area contributed by atoms with Gasteiger partial charge in [0.1, 0.15) is 0 Å². The molecular formula is C28H30BNO2. The molecule has 162 valence electrons. The molecule has 0 atom stereocenters. The van der Waals surface area contributed by atoms with Crippen molar-refractivity contribution in [1.82, 2.24) is 0 Å². The van der Waals surface area contributed by atoms with Crippen LogP contribution >= 0.6 is 0 Å². The molecule has 4 heteroatoms. The van der Waals surface area contributed by atoms with Gasteiger partial charge < -0.3 is 14.2 Å². The molecule has 1 heterocycles. The van der Waals surface area contributed by atoms with E-state index in [9.17, 15) is 0 Å². The lowest BCUT2D eigenvalue weighted by atomic mass is 9.79. The molecule has 3 nitrogen and oxygen atoms in total. The molecule has 5 rings (SSSR count). The summed E-state index contributed by atoms with van der Waals surface area (Å²) >= 11 is 0. The van der Waals surface area contributed by atoms with Crippen molar-refractivity contribution in [3.63, 3.8) is 0 Å². The highest BCUT2D eigenvalue weighted by atomic mass is 16.7. The maximum atomic E-state index is 6.25. The van der Waals surface area contributed by atoms with Crippen LogP contribution in [0.15, 0.2) is 78.9 Å². The molecule has 1 saturated heterocycles. The second-order valence-corrected chi connectivity index (χ2v) is 9.64. The van der Waals surface area contributed by atoms with E-state index in [1.807, 2.05) is 0 Å². The van der Waals surface area contributed by atoms with E-state index < -0.39 is 0 Å². The van der Waals surface area contributed by atoms with Crippen LogP contribution in [0.2, 0.25) is 0 Å². The third kappa shape index (κ3) is 3.68. The van der Waals surface area contributed by atoms with Crippen molar-refractivity contribution >= 4 is 35.7 Å². The van der Waals surface area contributed by atoms with Crippen LogP contribution in [0.25, 0.3) is 6.08 Å². The standard InChI is InChI=1S/C28H30BNO2/c1-27(2)28(3,4)32-29(31-27)22-17-19-24(20-18-22)30(23-13-6-5-7-14-23)26-16-10-12-21-11-8-9-15-25(21)26/h5-7,9-10,12-20H,8,11H2,1-4H3. The SMILES string of the molecule is CC1(C)OB(c2ccc(N(c3ccccc3)c3cccc4c3C=CCC4)cc2)OC1(C)C. The Hall–Kier alpha value is -2.82. The van der Waals surface area contributed by atoms with Gasteiger partial charge in [0.25, 0.3) is 0 Å². The summed E-state index contributed by atoms with van der Waals surface area (Å²) in [5.74, 6) is 0. The van der Waals surface area contributed by atoms with E-state index in [-0.39, 0.29) is 18.3 Å². The van der Waals surface area contributed by atoms with E-state index in [0.29, 0.717) is 0 Å². The second kappa shape index (κ2) is 7.95. The molecule has 1 aliphatic carbocycles. The van der Waals surface area contributed by atoms with Gasteiger partial charge in [-0.15, -0.1) is 0 Å². The zero-order valence-corrected chi connectivity index (χ0v) is 19.3. The van der Waals surface area contributed by atoms with Crippen molar-refractivity contribution in [3.05, 3.63) is 90.0 Å². The van der Waals surface area contributed by atoms with Gasteiger partial charge in [0, 0.05) is 16.9 Å². The van der Waals surface area contributed by atoms with Crippen LogP contribution in [0.4, 0.5) is 17.1 Å². The number of fused-ring (bicyclic) bond motifs is 1. The molecule has 0 saturated carbocycles. The van der Waals surface area contributed by atoms with Gasteiger partial charge in [-0.2, -0.15) is 0 Å². The van der Waals surface area contributed by atoms with Gasteiger partial charge in [-0.25, -0.2) is 0 Å². The molecule has 0 radical (unpaired) electrons. The molecule has 32 heavy (non-hydrogen) atoms. The summed E-state index contributed by atoms with van der Waals surface area (Å²) in [6, 6.07) is 25.8. The first-order valence-electron chi connectivity index (χ1n) is 11.4. The topological polar surface area (TPSA) is 21.7 Å². The van der Waals surface area contributed by atoms with E-state index in [1.54, 1.807) is 0 Å². The van der Waals surface area contributed by atoms with Crippen LogP contribution < -0.4 is 10.4 Å². The van der Waals surface area contributed by atoms with Gasteiger partial charge in [0.05, 0.1) is 16.9 Å². The van der Waals surface area contributed by atoms with Crippen molar-refractivity contribution in [2.75, 3.05) is 4.90 Å². The molecule has 0 N–H and O–H groups in total. The minimum Gasteiger partial charge on any atom is -0.399 e. The van der Waals surface area contributed by atoms with Crippen LogP contribution in [0, 0.1) is 0 Å². The molecule has 0 bridgehead atoms. The summed E-state index contributed by atoms with van der Waals surface area (Å²) in [5, 5.41) is 0. The van der Waals surface area contributed by atoms with Crippen molar-refractivity contribution in [2.45, 2.75) is 51.7 Å². The Morgan fingerprint density at radius 3 is 2.09 bits per heavy atom. The molecular weight excluding hydrogens is 393 g/mol. The lowest BCUT2D eigenvalue weighted by molar-refractivity contribution is 0.00578. The van der Waals surface area contributed by atoms with Gasteiger partial charge >= 0.3 is 7.12 Å². The van der Waals surface area contributed by atoms with E-state index in [4.69, 9.17) is 9.31 Å². The average molecular weight is 423 g/mol. The summed E-state index contributed by atoms with van der Waals surface area (Å²) in [5.41, 5.74) is 6.51. The number of benzene rings is 3. The fourth-order valence-corrected chi connectivity index (χ4v) is 4.41. The number of hydrogen-bond donors (Lipinski definition) is 0. The third-order valence-corrected chi connectivity index (χ3v) is 6.97. The highest BCUT2D eigenvalue weighted by molar-refractivity contribution is 6.62. The van der Waals surface area contributed by atoms with Gasteiger partial charge in [-0.05, 0) is 81.9 Å². The summed E-state index contributed by atoms with van der Waals surface area (Å²) < 4.78 is 12.5. The molecule has 0 spiro atoms. The van der Waals surface area contributed by atoms with Crippen molar-refractivity contribution in [2.24, 2.45) is 0 Å². The summed E-state index contributed by atoms with van der Waals surface area (Å²) in [6.45, 7) is 8.35. The monoisotopic (exact) mass is 423 g/mol. The Morgan fingerprint density at radius 1 is 0.750 bits per heavy atom. The minimum absolute atomic E-state index is 0.345. The molecule has 3 aromatic carbocycles. The first-order valence-corrected chi connectivity index (χ1v) is 11.4. The summed E-state index contributed by atoms with van der Waals surface area (Å²) in [6.07, 6.45) is 6.73. The fraction of sp³-hybridized carbons (Fsp3) is 0.286.